The zero-order valence-electron chi connectivity index (χ0n) is 7.66. The Morgan fingerprint density at radius 3 is 1.85 bits per heavy atom. The fourth-order valence-electron chi connectivity index (χ4n) is 1.31. The fraction of sp³-hybridized carbons (Fsp3) is 0.167. The monoisotopic (exact) mass is 190 g/mol. The van der Waals surface area contributed by atoms with E-state index in [1.54, 1.807) is 0 Å². The molecule has 1 rings (SSSR count). The van der Waals surface area contributed by atoms with E-state index < -0.39 is 0 Å². The first kappa shape index (κ1) is 10.1. The van der Waals surface area contributed by atoms with E-state index in [1.807, 2.05) is 12.2 Å². The zero-order valence-corrected chi connectivity index (χ0v) is 8.56. The van der Waals surface area contributed by atoms with E-state index >= 15 is 0 Å². The molecule has 68 valence electrons. The van der Waals surface area contributed by atoms with Gasteiger partial charge in [0.2, 0.25) is 0 Å². The highest BCUT2D eigenvalue weighted by Gasteiger charge is 1.96. The predicted octanol–water partition coefficient (Wildman–Crippen LogP) is 3.43. The highest BCUT2D eigenvalue weighted by atomic mass is 32.1. The van der Waals surface area contributed by atoms with Gasteiger partial charge in [-0.3, -0.25) is 0 Å². The van der Waals surface area contributed by atoms with Gasteiger partial charge in [-0.1, -0.05) is 18.2 Å². The van der Waals surface area contributed by atoms with E-state index in [0.29, 0.717) is 0 Å². The maximum absolute atomic E-state index is 4.34. The van der Waals surface area contributed by atoms with Crippen LogP contribution in [0.15, 0.2) is 48.4 Å². The zero-order chi connectivity index (χ0) is 9.68. The van der Waals surface area contributed by atoms with E-state index in [2.05, 4.69) is 44.0 Å². The van der Waals surface area contributed by atoms with Crippen LogP contribution < -0.4 is 0 Å². The van der Waals surface area contributed by atoms with Crippen LogP contribution in [0.4, 0.5) is 0 Å². The van der Waals surface area contributed by atoms with Gasteiger partial charge in [-0.25, -0.2) is 0 Å². The first-order valence-corrected chi connectivity index (χ1v) is 4.74. The van der Waals surface area contributed by atoms with Gasteiger partial charge in [0.15, 0.2) is 0 Å². The highest BCUT2D eigenvalue weighted by Crippen LogP contribution is 2.15. The lowest BCUT2D eigenvalue weighted by atomic mass is 10.1. The molecule has 0 unspecified atom stereocenters. The molecule has 0 radical (unpaired) electrons. The number of rotatable bonds is 4. The van der Waals surface area contributed by atoms with Gasteiger partial charge in [-0.15, -0.1) is 25.8 Å². The van der Waals surface area contributed by atoms with E-state index in [-0.39, 0.29) is 0 Å². The van der Waals surface area contributed by atoms with Crippen molar-refractivity contribution in [3.05, 3.63) is 54.6 Å². The van der Waals surface area contributed by atoms with Crippen LogP contribution in [0.2, 0.25) is 0 Å². The Labute approximate surface area is 85.4 Å². The van der Waals surface area contributed by atoms with Crippen molar-refractivity contribution < 1.29 is 0 Å². The number of benzene rings is 1. The molecule has 0 heterocycles. The maximum Gasteiger partial charge on any atom is 0.00456 e. The molecular weight excluding hydrogens is 176 g/mol. The van der Waals surface area contributed by atoms with Crippen molar-refractivity contribution >= 4 is 12.6 Å². The number of allylic oxidation sites excluding steroid dienone is 2. The molecule has 0 amide bonds. The van der Waals surface area contributed by atoms with E-state index in [1.165, 1.54) is 11.1 Å². The summed E-state index contributed by atoms with van der Waals surface area (Å²) in [4.78, 5) is 1.01. The normalized spacial score (nSPS) is 9.62. The topological polar surface area (TPSA) is 0 Å². The maximum atomic E-state index is 4.34. The minimum Gasteiger partial charge on any atom is -0.143 e. The first-order valence-electron chi connectivity index (χ1n) is 4.30. The van der Waals surface area contributed by atoms with Crippen LogP contribution in [-0.4, -0.2) is 0 Å². The molecule has 1 aromatic carbocycles. The van der Waals surface area contributed by atoms with Crippen molar-refractivity contribution in [2.75, 3.05) is 0 Å². The Morgan fingerprint density at radius 2 is 1.46 bits per heavy atom. The van der Waals surface area contributed by atoms with Gasteiger partial charge in [-0.05, 0) is 36.1 Å². The average Bonchev–Trinajstić information content (AvgIpc) is 2.04. The first-order chi connectivity index (χ1) is 6.26. The lowest BCUT2D eigenvalue weighted by Gasteiger charge is -2.03. The number of hydrogen-bond acceptors (Lipinski definition) is 1. The molecule has 0 aromatic heterocycles. The smallest absolute Gasteiger partial charge is 0.00456 e. The summed E-state index contributed by atoms with van der Waals surface area (Å²) in [5.41, 5.74) is 2.53. The minimum absolute atomic E-state index is 0.901. The summed E-state index contributed by atoms with van der Waals surface area (Å²) in [6, 6.07) is 6.30. The summed E-state index contributed by atoms with van der Waals surface area (Å²) in [5, 5.41) is 0. The van der Waals surface area contributed by atoms with Crippen LogP contribution in [0.25, 0.3) is 0 Å². The van der Waals surface area contributed by atoms with Gasteiger partial charge in [0.25, 0.3) is 0 Å². The average molecular weight is 190 g/mol. The van der Waals surface area contributed by atoms with Crippen molar-refractivity contribution in [3.8, 4) is 0 Å². The van der Waals surface area contributed by atoms with Gasteiger partial charge >= 0.3 is 0 Å². The van der Waals surface area contributed by atoms with Crippen LogP contribution in [0, 0.1) is 0 Å². The van der Waals surface area contributed by atoms with E-state index in [4.69, 9.17) is 0 Å². The minimum atomic E-state index is 0.901. The molecule has 0 aliphatic heterocycles. The van der Waals surface area contributed by atoms with Crippen molar-refractivity contribution in [2.24, 2.45) is 0 Å². The van der Waals surface area contributed by atoms with Gasteiger partial charge < -0.3 is 0 Å². The summed E-state index contributed by atoms with van der Waals surface area (Å²) >= 11 is 4.34. The standard InChI is InChI=1S/C12H14S/c1-3-5-10-7-11(6-4-2)9-12(13)8-10/h3-4,7-9,13H,1-2,5-6H2. The Morgan fingerprint density at radius 1 is 1.00 bits per heavy atom. The fourth-order valence-corrected chi connectivity index (χ4v) is 1.64. The number of hydrogen-bond donors (Lipinski definition) is 1. The summed E-state index contributed by atoms with van der Waals surface area (Å²) < 4.78 is 0. The molecule has 0 atom stereocenters. The Bertz CT molecular complexity index is 285. The SMILES string of the molecule is C=CCc1cc(S)cc(CC=C)c1. The lowest BCUT2D eigenvalue weighted by Crippen LogP contribution is -1.87. The quantitative estimate of drug-likeness (QED) is 0.546. The van der Waals surface area contributed by atoms with Gasteiger partial charge in [0, 0.05) is 4.90 Å². The van der Waals surface area contributed by atoms with Gasteiger partial charge in [0.05, 0.1) is 0 Å². The van der Waals surface area contributed by atoms with Crippen molar-refractivity contribution in [2.45, 2.75) is 17.7 Å². The largest absolute Gasteiger partial charge is 0.143 e. The Hall–Kier alpha value is -0.950. The molecular formula is C12H14S. The summed E-state index contributed by atoms with van der Waals surface area (Å²) in [5.74, 6) is 0. The molecule has 0 saturated heterocycles. The number of thiol groups is 1. The molecule has 1 aromatic rings. The summed E-state index contributed by atoms with van der Waals surface area (Å²) in [6.45, 7) is 7.43. The van der Waals surface area contributed by atoms with Crippen LogP contribution >= 0.6 is 12.6 Å². The molecule has 13 heavy (non-hydrogen) atoms. The third-order valence-corrected chi connectivity index (χ3v) is 2.06. The summed E-state index contributed by atoms with van der Waals surface area (Å²) in [6.07, 6.45) is 5.61. The second kappa shape index (κ2) is 4.93. The lowest BCUT2D eigenvalue weighted by molar-refractivity contribution is 1.17. The Kier molecular flexibility index (Phi) is 3.84. The molecule has 0 fully saturated rings. The van der Waals surface area contributed by atoms with Crippen LogP contribution in [0.5, 0.6) is 0 Å². The Balaban J connectivity index is 2.95. The second-order valence-corrected chi connectivity index (χ2v) is 3.51. The van der Waals surface area contributed by atoms with Crippen LogP contribution in [-0.2, 0) is 12.8 Å². The predicted molar refractivity (Wildman–Crippen MR) is 61.5 cm³/mol. The third-order valence-electron chi connectivity index (χ3n) is 1.80. The highest BCUT2D eigenvalue weighted by molar-refractivity contribution is 7.80. The molecule has 0 aliphatic carbocycles. The van der Waals surface area contributed by atoms with Gasteiger partial charge in [0.1, 0.15) is 0 Å². The molecule has 0 bridgehead atoms. The molecule has 0 N–H and O–H groups in total. The molecule has 0 spiro atoms. The second-order valence-electron chi connectivity index (χ2n) is 2.99. The van der Waals surface area contributed by atoms with Crippen LogP contribution in [0.1, 0.15) is 11.1 Å². The van der Waals surface area contributed by atoms with E-state index in [9.17, 15) is 0 Å². The summed E-state index contributed by atoms with van der Waals surface area (Å²) in [7, 11) is 0. The molecule has 0 nitrogen and oxygen atoms in total. The van der Waals surface area contributed by atoms with Crippen molar-refractivity contribution in [1.82, 2.24) is 0 Å². The van der Waals surface area contributed by atoms with Crippen molar-refractivity contribution in [1.29, 1.82) is 0 Å². The molecule has 0 saturated carbocycles. The van der Waals surface area contributed by atoms with Gasteiger partial charge in [-0.2, -0.15) is 0 Å². The molecule has 1 heteroatoms. The van der Waals surface area contributed by atoms with Crippen LogP contribution in [0.3, 0.4) is 0 Å². The van der Waals surface area contributed by atoms with E-state index in [0.717, 1.165) is 17.7 Å². The third kappa shape index (κ3) is 3.11. The molecule has 0 aliphatic rings. The van der Waals surface area contributed by atoms with Crippen molar-refractivity contribution in [3.63, 3.8) is 0 Å².